The largest absolute Gasteiger partial charge is 0.505 e. The molecule has 0 aromatic heterocycles. The Labute approximate surface area is 117 Å². The van der Waals surface area contributed by atoms with Gasteiger partial charge >= 0.3 is 6.09 Å². The summed E-state index contributed by atoms with van der Waals surface area (Å²) in [6, 6.07) is 3.81. The van der Waals surface area contributed by atoms with Crippen LogP contribution in [0.25, 0.3) is 0 Å². The molecule has 5 nitrogen and oxygen atoms in total. The number of halogens is 1. The summed E-state index contributed by atoms with van der Waals surface area (Å²) in [5.74, 6) is -1.09. The third-order valence-corrected chi connectivity index (χ3v) is 2.46. The molecule has 0 saturated carbocycles. The first-order valence-corrected chi connectivity index (χ1v) is 6.38. The minimum atomic E-state index is -0.685. The summed E-state index contributed by atoms with van der Waals surface area (Å²) in [5, 5.41) is 12.1. The van der Waals surface area contributed by atoms with Crippen molar-refractivity contribution in [3.63, 3.8) is 0 Å². The Morgan fingerprint density at radius 1 is 1.50 bits per heavy atom. The van der Waals surface area contributed by atoms with Crippen molar-refractivity contribution < 1.29 is 19.0 Å². The van der Waals surface area contributed by atoms with E-state index in [1.165, 1.54) is 12.1 Å². The molecule has 0 spiro atoms. The molecule has 0 bridgehead atoms. The number of benzene rings is 1. The van der Waals surface area contributed by atoms with E-state index in [0.29, 0.717) is 5.56 Å². The summed E-state index contributed by atoms with van der Waals surface area (Å²) in [6.07, 6.45) is -0.309. The number of para-hydroxylation sites is 1. The van der Waals surface area contributed by atoms with Gasteiger partial charge in [0.05, 0.1) is 0 Å². The Hall–Kier alpha value is -1.82. The molecule has 4 N–H and O–H groups in total. The number of hydrogen-bond donors (Lipinski definition) is 3. The highest BCUT2D eigenvalue weighted by Crippen LogP contribution is 2.21. The minimum absolute atomic E-state index is 0.171. The SMILES string of the molecule is CC(C)(C)OC(=O)NCC(N)Cc1cccc(F)c1O. The van der Waals surface area contributed by atoms with Crippen LogP contribution in [-0.4, -0.2) is 29.4 Å². The molecule has 1 atom stereocenters. The first-order chi connectivity index (χ1) is 9.19. The molecule has 0 saturated heterocycles. The molecule has 1 aromatic rings. The molecule has 0 radical (unpaired) electrons. The highest BCUT2D eigenvalue weighted by molar-refractivity contribution is 5.67. The van der Waals surface area contributed by atoms with Crippen LogP contribution in [0, 0.1) is 5.82 Å². The number of carbonyl (C=O) groups excluding carboxylic acids is 1. The summed E-state index contributed by atoms with van der Waals surface area (Å²) in [7, 11) is 0. The molecule has 0 aliphatic heterocycles. The van der Waals surface area contributed by atoms with E-state index in [4.69, 9.17) is 10.5 Å². The van der Waals surface area contributed by atoms with Gasteiger partial charge in [-0.2, -0.15) is 0 Å². The number of rotatable bonds is 4. The molecule has 20 heavy (non-hydrogen) atoms. The first kappa shape index (κ1) is 16.2. The van der Waals surface area contributed by atoms with E-state index in [1.807, 2.05) is 0 Å². The molecule has 0 aliphatic carbocycles. The number of alkyl carbamates (subject to hydrolysis) is 1. The van der Waals surface area contributed by atoms with Gasteiger partial charge in [0.1, 0.15) is 5.60 Å². The molecular weight excluding hydrogens is 263 g/mol. The van der Waals surface area contributed by atoms with E-state index < -0.39 is 29.3 Å². The van der Waals surface area contributed by atoms with Gasteiger partial charge in [-0.25, -0.2) is 9.18 Å². The lowest BCUT2D eigenvalue weighted by atomic mass is 10.1. The molecule has 1 aromatic carbocycles. The molecular formula is C14H21FN2O3. The average molecular weight is 284 g/mol. The van der Waals surface area contributed by atoms with Crippen LogP contribution in [0.1, 0.15) is 26.3 Å². The van der Waals surface area contributed by atoms with Crippen molar-refractivity contribution in [3.8, 4) is 5.75 Å². The monoisotopic (exact) mass is 284 g/mol. The van der Waals surface area contributed by atoms with Gasteiger partial charge in [-0.1, -0.05) is 12.1 Å². The van der Waals surface area contributed by atoms with Gasteiger partial charge in [-0.3, -0.25) is 0 Å². The normalized spacial score (nSPS) is 12.8. The maximum Gasteiger partial charge on any atom is 0.407 e. The number of hydrogen-bond acceptors (Lipinski definition) is 4. The van der Waals surface area contributed by atoms with Crippen molar-refractivity contribution in [2.24, 2.45) is 5.73 Å². The zero-order chi connectivity index (χ0) is 15.3. The zero-order valence-electron chi connectivity index (χ0n) is 11.9. The van der Waals surface area contributed by atoms with Crippen LogP contribution in [-0.2, 0) is 11.2 Å². The van der Waals surface area contributed by atoms with Crippen LogP contribution >= 0.6 is 0 Å². The topological polar surface area (TPSA) is 84.6 Å². The molecule has 112 valence electrons. The molecule has 6 heteroatoms. The van der Waals surface area contributed by atoms with Crippen molar-refractivity contribution in [1.82, 2.24) is 5.32 Å². The second-order valence-corrected chi connectivity index (χ2v) is 5.59. The molecule has 0 aliphatic rings. The third kappa shape index (κ3) is 5.44. The van der Waals surface area contributed by atoms with Crippen LogP contribution < -0.4 is 11.1 Å². The Bertz CT molecular complexity index is 472. The van der Waals surface area contributed by atoms with E-state index >= 15 is 0 Å². The van der Waals surface area contributed by atoms with E-state index in [0.717, 1.165) is 0 Å². The Morgan fingerprint density at radius 3 is 2.75 bits per heavy atom. The second-order valence-electron chi connectivity index (χ2n) is 5.59. The number of nitrogens with one attached hydrogen (secondary N) is 1. The van der Waals surface area contributed by atoms with Crippen molar-refractivity contribution in [3.05, 3.63) is 29.6 Å². The summed E-state index contributed by atoms with van der Waals surface area (Å²) in [5.41, 5.74) is 5.66. The number of ether oxygens (including phenoxy) is 1. The molecule has 1 amide bonds. The Balaban J connectivity index is 2.46. The predicted molar refractivity (Wildman–Crippen MR) is 74.0 cm³/mol. The molecule has 1 rings (SSSR count). The first-order valence-electron chi connectivity index (χ1n) is 6.38. The number of phenols is 1. The van der Waals surface area contributed by atoms with E-state index in [-0.39, 0.29) is 13.0 Å². The van der Waals surface area contributed by atoms with Gasteiger partial charge in [0.2, 0.25) is 0 Å². The molecule has 0 fully saturated rings. The van der Waals surface area contributed by atoms with Gasteiger partial charge in [-0.05, 0) is 38.8 Å². The Kier molecular flexibility index (Phi) is 5.33. The van der Waals surface area contributed by atoms with Gasteiger partial charge in [0.25, 0.3) is 0 Å². The summed E-state index contributed by atoms with van der Waals surface area (Å²) < 4.78 is 18.2. The fourth-order valence-corrected chi connectivity index (χ4v) is 1.61. The van der Waals surface area contributed by atoms with Crippen molar-refractivity contribution >= 4 is 6.09 Å². The molecule has 0 heterocycles. The third-order valence-electron chi connectivity index (χ3n) is 2.46. The van der Waals surface area contributed by atoms with Crippen LogP contribution in [0.15, 0.2) is 18.2 Å². The fraction of sp³-hybridized carbons (Fsp3) is 0.500. The molecule has 1 unspecified atom stereocenters. The summed E-state index contributed by atoms with van der Waals surface area (Å²) in [6.45, 7) is 5.46. The predicted octanol–water partition coefficient (Wildman–Crippen LogP) is 1.93. The van der Waals surface area contributed by atoms with Crippen LogP contribution in [0.4, 0.5) is 9.18 Å². The standard InChI is InChI=1S/C14H21FN2O3/c1-14(2,3)20-13(19)17-8-10(16)7-9-5-4-6-11(15)12(9)18/h4-6,10,18H,7-8,16H2,1-3H3,(H,17,19). The zero-order valence-corrected chi connectivity index (χ0v) is 11.9. The van der Waals surface area contributed by atoms with E-state index in [9.17, 15) is 14.3 Å². The van der Waals surface area contributed by atoms with Crippen molar-refractivity contribution in [1.29, 1.82) is 0 Å². The maximum absolute atomic E-state index is 13.1. The van der Waals surface area contributed by atoms with Gasteiger partial charge in [0, 0.05) is 12.6 Å². The smallest absolute Gasteiger partial charge is 0.407 e. The second kappa shape index (κ2) is 6.56. The minimum Gasteiger partial charge on any atom is -0.505 e. The highest BCUT2D eigenvalue weighted by atomic mass is 19.1. The van der Waals surface area contributed by atoms with Crippen molar-refractivity contribution in [2.45, 2.75) is 38.8 Å². The number of aromatic hydroxyl groups is 1. The highest BCUT2D eigenvalue weighted by Gasteiger charge is 2.17. The Morgan fingerprint density at radius 2 is 2.15 bits per heavy atom. The van der Waals surface area contributed by atoms with Gasteiger partial charge in [0.15, 0.2) is 11.6 Å². The maximum atomic E-state index is 13.1. The average Bonchev–Trinajstić information content (AvgIpc) is 2.30. The summed E-state index contributed by atoms with van der Waals surface area (Å²) in [4.78, 5) is 11.4. The lowest BCUT2D eigenvalue weighted by Crippen LogP contribution is -2.41. The van der Waals surface area contributed by atoms with Crippen molar-refractivity contribution in [2.75, 3.05) is 6.54 Å². The van der Waals surface area contributed by atoms with Crippen LogP contribution in [0.2, 0.25) is 0 Å². The number of amides is 1. The lowest BCUT2D eigenvalue weighted by molar-refractivity contribution is 0.0524. The number of nitrogens with two attached hydrogens (primary N) is 1. The van der Waals surface area contributed by atoms with E-state index in [2.05, 4.69) is 5.32 Å². The van der Waals surface area contributed by atoms with Gasteiger partial charge in [-0.15, -0.1) is 0 Å². The fourth-order valence-electron chi connectivity index (χ4n) is 1.61. The number of carbonyl (C=O) groups is 1. The summed E-state index contributed by atoms with van der Waals surface area (Å²) >= 11 is 0. The van der Waals surface area contributed by atoms with E-state index in [1.54, 1.807) is 26.8 Å². The lowest BCUT2D eigenvalue weighted by Gasteiger charge is -2.21. The number of phenolic OH excluding ortho intramolecular Hbond substituents is 1. The van der Waals surface area contributed by atoms with Crippen LogP contribution in [0.5, 0.6) is 5.75 Å². The van der Waals surface area contributed by atoms with Crippen LogP contribution in [0.3, 0.4) is 0 Å². The quantitative estimate of drug-likeness (QED) is 0.788. The van der Waals surface area contributed by atoms with Gasteiger partial charge < -0.3 is 20.9 Å².